The number of rotatable bonds is 13. The number of hydrogen-bond donors (Lipinski definition) is 2. The van der Waals surface area contributed by atoms with E-state index in [4.69, 9.17) is 51.1 Å². The van der Waals surface area contributed by atoms with Crippen LogP contribution in [0.4, 0.5) is 8.78 Å². The van der Waals surface area contributed by atoms with Crippen LogP contribution in [0.5, 0.6) is 11.5 Å². The number of hydrogen-bond acceptors (Lipinski definition) is 10. The molecular formula is C32H33Cl4F2N9O3+2. The Hall–Kier alpha value is -3.66. The second-order valence-electron chi connectivity index (χ2n) is 11.4. The summed E-state index contributed by atoms with van der Waals surface area (Å²) in [4.78, 5) is 10.9. The summed E-state index contributed by atoms with van der Waals surface area (Å²) in [7, 11) is 1.95. The molecular weight excluding hydrogens is 738 g/mol. The number of phenols is 2. The van der Waals surface area contributed by atoms with E-state index in [1.54, 1.807) is 23.0 Å². The van der Waals surface area contributed by atoms with Gasteiger partial charge in [-0.3, -0.25) is 9.29 Å². The van der Waals surface area contributed by atoms with Crippen molar-refractivity contribution in [3.05, 3.63) is 67.9 Å². The molecule has 2 unspecified atom stereocenters. The zero-order valence-electron chi connectivity index (χ0n) is 26.7. The van der Waals surface area contributed by atoms with Gasteiger partial charge in [0.1, 0.15) is 60.3 Å². The van der Waals surface area contributed by atoms with Crippen molar-refractivity contribution in [3.8, 4) is 11.5 Å². The standard InChI is InChI=1S/C17H18Cl2FN5O.C15H13Cl2FN4O2/c1-24(9-12-10-25(23-22-12)6-2-5-20)8-11-3-4-13-14(18)7-15(19)17(26)16(13)21-11;16-12-5-13(17)15(23)14-11(12)2-1-9(19-14)7-24-8-10-6-22(4-3-18)21-20-10/h3-4,7,10,12H,2,5-6,8-9H2,1H3;1-2,5-6,10H,3-4,7-8H2/p+2. The number of nitrogens with zero attached hydrogens (tertiary/aromatic N) is 9. The summed E-state index contributed by atoms with van der Waals surface area (Å²) in [5.74, 6) is -0.185. The number of halogens is 6. The molecule has 50 heavy (non-hydrogen) atoms. The van der Waals surface area contributed by atoms with Gasteiger partial charge < -0.3 is 14.9 Å². The molecule has 0 amide bonds. The number of aromatic hydroxyl groups is 2. The van der Waals surface area contributed by atoms with Gasteiger partial charge in [-0.15, -0.1) is 9.37 Å². The Labute approximate surface area is 305 Å². The molecule has 2 aliphatic heterocycles. The van der Waals surface area contributed by atoms with Gasteiger partial charge in [-0.05, 0) is 43.4 Å². The number of aromatic nitrogens is 2. The molecule has 2 N–H and O–H groups in total. The van der Waals surface area contributed by atoms with E-state index in [-0.39, 0.29) is 53.5 Å². The van der Waals surface area contributed by atoms with E-state index < -0.39 is 6.67 Å². The molecule has 2 aliphatic rings. The van der Waals surface area contributed by atoms with E-state index >= 15 is 0 Å². The van der Waals surface area contributed by atoms with Gasteiger partial charge in [0, 0.05) is 34.0 Å². The Balaban J connectivity index is 0.000000195. The highest BCUT2D eigenvalue weighted by molar-refractivity contribution is 6.40. The highest BCUT2D eigenvalue weighted by Gasteiger charge is 2.24. The molecule has 0 radical (unpaired) electrons. The maximum Gasteiger partial charge on any atom is 0.245 e. The molecule has 2 atom stereocenters. The van der Waals surface area contributed by atoms with Gasteiger partial charge in [0.2, 0.25) is 12.1 Å². The average molecular weight is 771 g/mol. The summed E-state index contributed by atoms with van der Waals surface area (Å²) >= 11 is 24.1. The van der Waals surface area contributed by atoms with Crippen LogP contribution in [-0.4, -0.2) is 106 Å². The van der Waals surface area contributed by atoms with E-state index in [0.717, 1.165) is 5.69 Å². The van der Waals surface area contributed by atoms with Gasteiger partial charge in [-0.2, -0.15) is 0 Å². The van der Waals surface area contributed by atoms with Crippen LogP contribution in [0, 0.1) is 0 Å². The van der Waals surface area contributed by atoms with E-state index in [1.165, 1.54) is 16.8 Å². The Morgan fingerprint density at radius 1 is 0.760 bits per heavy atom. The normalized spacial score (nSPS) is 16.7. The van der Waals surface area contributed by atoms with Crippen LogP contribution in [0.1, 0.15) is 17.8 Å². The summed E-state index contributed by atoms with van der Waals surface area (Å²) in [6.45, 7) is 1.61. The first-order valence-electron chi connectivity index (χ1n) is 15.4. The van der Waals surface area contributed by atoms with Crippen molar-refractivity contribution >= 4 is 80.6 Å². The highest BCUT2D eigenvalue weighted by atomic mass is 35.5. The van der Waals surface area contributed by atoms with E-state index in [1.807, 2.05) is 25.4 Å². The van der Waals surface area contributed by atoms with Crippen molar-refractivity contribution in [1.29, 1.82) is 0 Å². The summed E-state index contributed by atoms with van der Waals surface area (Å²) in [5, 5.41) is 38.6. The Morgan fingerprint density at radius 2 is 1.32 bits per heavy atom. The minimum atomic E-state index is -0.487. The van der Waals surface area contributed by atoms with Crippen molar-refractivity contribution in [2.24, 2.45) is 20.7 Å². The molecule has 6 rings (SSSR count). The summed E-state index contributed by atoms with van der Waals surface area (Å²) in [6, 6.07) is 9.87. The van der Waals surface area contributed by atoms with Gasteiger partial charge in [0.15, 0.2) is 11.5 Å². The SMILES string of the molecule is CN(Cc1ccc2c(Cl)cc(Cl)c(O)c2n1)CC1C=[N+](CCCF)N=N1.Oc1c(Cl)cc(Cl)c2ccc(COCC3C=[N+](CCF)N=N3)nc12. The molecule has 4 aromatic rings. The second-order valence-corrected chi connectivity index (χ2v) is 13.0. The van der Waals surface area contributed by atoms with Crippen molar-refractivity contribution in [2.75, 3.05) is 46.6 Å². The van der Waals surface area contributed by atoms with E-state index in [2.05, 4.69) is 35.5 Å². The fourth-order valence-corrected chi connectivity index (χ4v) is 6.12. The summed E-state index contributed by atoms with van der Waals surface area (Å²) in [5.41, 5.74) is 2.11. The maximum absolute atomic E-state index is 12.2. The third-order valence-corrected chi connectivity index (χ3v) is 8.65. The lowest BCUT2D eigenvalue weighted by Gasteiger charge is -2.15. The molecule has 0 saturated heterocycles. The van der Waals surface area contributed by atoms with Gasteiger partial charge in [-0.25, -0.2) is 14.4 Å². The number of phenolic OH excluding ortho intramolecular Hbond substituents is 2. The number of pyridine rings is 2. The van der Waals surface area contributed by atoms with E-state index in [0.29, 0.717) is 70.2 Å². The number of ether oxygens (including phenoxy) is 1. The third kappa shape index (κ3) is 9.56. The van der Waals surface area contributed by atoms with Crippen molar-refractivity contribution < 1.29 is 33.1 Å². The smallest absolute Gasteiger partial charge is 0.245 e. The van der Waals surface area contributed by atoms with Gasteiger partial charge in [0.05, 0.1) is 51.3 Å². The highest BCUT2D eigenvalue weighted by Crippen LogP contribution is 2.37. The minimum absolute atomic E-state index is 0.0719. The zero-order valence-corrected chi connectivity index (χ0v) is 29.8. The van der Waals surface area contributed by atoms with Crippen LogP contribution >= 0.6 is 46.4 Å². The largest absolute Gasteiger partial charge is 0.504 e. The van der Waals surface area contributed by atoms with Crippen molar-refractivity contribution in [2.45, 2.75) is 31.7 Å². The summed E-state index contributed by atoms with van der Waals surface area (Å²) < 4.78 is 33.1. The van der Waals surface area contributed by atoms with Gasteiger partial charge in [-0.1, -0.05) is 46.4 Å². The number of benzene rings is 2. The lowest BCUT2D eigenvalue weighted by molar-refractivity contribution is -0.532. The first kappa shape index (κ1) is 37.6. The van der Waals surface area contributed by atoms with Crippen molar-refractivity contribution in [1.82, 2.24) is 14.9 Å². The Kier molecular flexibility index (Phi) is 13.2. The first-order chi connectivity index (χ1) is 24.1. The predicted octanol–water partition coefficient (Wildman–Crippen LogP) is 7.44. The summed E-state index contributed by atoms with van der Waals surface area (Å²) in [6.07, 6.45) is 4.04. The van der Waals surface area contributed by atoms with Gasteiger partial charge in [0.25, 0.3) is 0 Å². The monoisotopic (exact) mass is 769 g/mol. The molecule has 0 aliphatic carbocycles. The predicted molar refractivity (Wildman–Crippen MR) is 189 cm³/mol. The topological polar surface area (TPSA) is 134 Å². The quantitative estimate of drug-likeness (QED) is 0.136. The van der Waals surface area contributed by atoms with Gasteiger partial charge >= 0.3 is 0 Å². The average Bonchev–Trinajstić information content (AvgIpc) is 3.74. The second kappa shape index (κ2) is 17.5. The molecule has 18 heteroatoms. The fourth-order valence-electron chi connectivity index (χ4n) is 5.09. The lowest BCUT2D eigenvalue weighted by Crippen LogP contribution is -2.29. The van der Waals surface area contributed by atoms with Crippen LogP contribution in [0.2, 0.25) is 20.1 Å². The third-order valence-electron chi connectivity index (χ3n) is 7.45. The Bertz CT molecular complexity index is 1980. The molecule has 264 valence electrons. The number of fused-ring (bicyclic) bond motifs is 2. The minimum Gasteiger partial charge on any atom is -0.504 e. The zero-order chi connectivity index (χ0) is 35.8. The van der Waals surface area contributed by atoms with E-state index in [9.17, 15) is 19.0 Å². The van der Waals surface area contributed by atoms with Crippen LogP contribution in [-0.2, 0) is 17.9 Å². The molecule has 0 saturated carbocycles. The molecule has 2 aromatic heterocycles. The van der Waals surface area contributed by atoms with Crippen LogP contribution in [0.15, 0.2) is 57.1 Å². The van der Waals surface area contributed by atoms with Crippen LogP contribution < -0.4 is 0 Å². The van der Waals surface area contributed by atoms with Crippen LogP contribution in [0.3, 0.4) is 0 Å². The molecule has 0 fully saturated rings. The molecule has 12 nitrogen and oxygen atoms in total. The first-order valence-corrected chi connectivity index (χ1v) is 16.9. The molecule has 4 heterocycles. The van der Waals surface area contributed by atoms with Crippen molar-refractivity contribution in [3.63, 3.8) is 0 Å². The number of alkyl halides is 2. The molecule has 0 bridgehead atoms. The number of likely N-dealkylation sites (N-methyl/N-ethyl adjacent to an activating group) is 1. The van der Waals surface area contributed by atoms with Crippen LogP contribution in [0.25, 0.3) is 21.8 Å². The molecule has 2 aromatic carbocycles. The fraction of sp³-hybridized carbons (Fsp3) is 0.375. The lowest BCUT2D eigenvalue weighted by atomic mass is 10.2. The molecule has 0 spiro atoms. The Morgan fingerprint density at radius 3 is 1.94 bits per heavy atom. The maximum atomic E-state index is 12.2.